The molecule has 1 aromatic rings. The molecule has 1 aromatic carbocycles. The Labute approximate surface area is 130 Å². The Hall–Kier alpha value is -1.89. The minimum Gasteiger partial charge on any atom is -0.480 e. The fourth-order valence-corrected chi connectivity index (χ4v) is 2.92. The van der Waals surface area contributed by atoms with E-state index in [0.717, 1.165) is 0 Å². The van der Waals surface area contributed by atoms with Gasteiger partial charge in [0.05, 0.1) is 10.1 Å². The van der Waals surface area contributed by atoms with Gasteiger partial charge in [0.1, 0.15) is 6.54 Å². The third-order valence-corrected chi connectivity index (χ3v) is 5.41. The molecule has 0 unspecified atom stereocenters. The molecule has 0 bridgehead atoms. The van der Waals surface area contributed by atoms with E-state index in [4.69, 9.17) is 5.11 Å². The van der Waals surface area contributed by atoms with E-state index in [1.165, 1.54) is 29.2 Å². The minimum atomic E-state index is -3.39. The summed E-state index contributed by atoms with van der Waals surface area (Å²) in [5.74, 6) is -1.54. The summed E-state index contributed by atoms with van der Waals surface area (Å²) in [5, 5.41) is 8.32. The van der Waals surface area contributed by atoms with Gasteiger partial charge in [0.15, 0.2) is 9.84 Å². The first-order valence-electron chi connectivity index (χ1n) is 6.94. The Morgan fingerprint density at radius 3 is 1.95 bits per heavy atom. The molecule has 0 heterocycles. The molecule has 1 rings (SSSR count). The van der Waals surface area contributed by atoms with Crippen LogP contribution in [0.4, 0.5) is 0 Å². The zero-order chi connectivity index (χ0) is 17.1. The monoisotopic (exact) mass is 327 g/mol. The highest BCUT2D eigenvalue weighted by Crippen LogP contribution is 2.17. The lowest BCUT2D eigenvalue weighted by Crippen LogP contribution is -2.40. The number of hydrogen-bond donors (Lipinski definition) is 1. The quantitative estimate of drug-likeness (QED) is 0.860. The average Bonchev–Trinajstić information content (AvgIpc) is 2.43. The molecular weight excluding hydrogens is 306 g/mol. The first kappa shape index (κ1) is 18.2. The van der Waals surface area contributed by atoms with Crippen LogP contribution < -0.4 is 0 Å². The Morgan fingerprint density at radius 2 is 1.59 bits per heavy atom. The lowest BCUT2D eigenvalue weighted by atomic mass is 10.1. The van der Waals surface area contributed by atoms with Gasteiger partial charge in [0, 0.05) is 11.6 Å². The van der Waals surface area contributed by atoms with Crippen LogP contribution in [0.15, 0.2) is 29.2 Å². The van der Waals surface area contributed by atoms with Gasteiger partial charge in [-0.1, -0.05) is 0 Å². The molecule has 1 amide bonds. The van der Waals surface area contributed by atoms with Gasteiger partial charge >= 0.3 is 5.97 Å². The second-order valence-electron chi connectivity index (χ2n) is 5.54. The van der Waals surface area contributed by atoms with Crippen molar-refractivity contribution in [2.24, 2.45) is 0 Å². The van der Waals surface area contributed by atoms with Gasteiger partial charge < -0.3 is 10.0 Å². The molecule has 0 aliphatic heterocycles. The van der Waals surface area contributed by atoms with E-state index in [2.05, 4.69) is 0 Å². The first-order chi connectivity index (χ1) is 10.1. The van der Waals surface area contributed by atoms with Gasteiger partial charge in [-0.25, -0.2) is 8.42 Å². The molecule has 0 spiro atoms. The van der Waals surface area contributed by atoms with Crippen molar-refractivity contribution < 1.29 is 23.1 Å². The van der Waals surface area contributed by atoms with E-state index >= 15 is 0 Å². The molecule has 0 fully saturated rings. The van der Waals surface area contributed by atoms with Crippen LogP contribution in [0.3, 0.4) is 0 Å². The number of nitrogens with zero attached hydrogens (tertiary/aromatic N) is 1. The van der Waals surface area contributed by atoms with Crippen LogP contribution in [-0.2, 0) is 14.6 Å². The molecule has 0 atom stereocenters. The SMILES string of the molecule is CC(C)N(CC(=O)O)C(=O)c1ccc(S(=O)(=O)C(C)C)cc1. The van der Waals surface area contributed by atoms with Gasteiger partial charge in [0.2, 0.25) is 0 Å². The summed E-state index contributed by atoms with van der Waals surface area (Å²) in [7, 11) is -3.39. The van der Waals surface area contributed by atoms with Crippen molar-refractivity contribution in [3.05, 3.63) is 29.8 Å². The maximum Gasteiger partial charge on any atom is 0.323 e. The van der Waals surface area contributed by atoms with Crippen molar-refractivity contribution in [2.75, 3.05) is 6.54 Å². The van der Waals surface area contributed by atoms with E-state index in [0.29, 0.717) is 0 Å². The van der Waals surface area contributed by atoms with Crippen LogP contribution >= 0.6 is 0 Å². The number of carboxylic acid groups (broad SMARTS) is 1. The second-order valence-corrected chi connectivity index (χ2v) is 8.04. The van der Waals surface area contributed by atoms with Crippen molar-refractivity contribution >= 4 is 21.7 Å². The van der Waals surface area contributed by atoms with Crippen molar-refractivity contribution in [3.8, 4) is 0 Å². The van der Waals surface area contributed by atoms with Crippen LogP contribution in [-0.4, -0.2) is 48.1 Å². The molecule has 0 aromatic heterocycles. The fraction of sp³-hybridized carbons (Fsp3) is 0.467. The highest BCUT2D eigenvalue weighted by molar-refractivity contribution is 7.92. The van der Waals surface area contributed by atoms with Gasteiger partial charge in [0.25, 0.3) is 5.91 Å². The van der Waals surface area contributed by atoms with E-state index < -0.39 is 33.5 Å². The van der Waals surface area contributed by atoms with Gasteiger partial charge in [-0.2, -0.15) is 0 Å². The summed E-state index contributed by atoms with van der Waals surface area (Å²) in [6, 6.07) is 5.30. The topological polar surface area (TPSA) is 91.8 Å². The summed E-state index contributed by atoms with van der Waals surface area (Å²) in [4.78, 5) is 24.5. The lowest BCUT2D eigenvalue weighted by Gasteiger charge is -2.25. The predicted octanol–water partition coefficient (Wildman–Crippen LogP) is 1.80. The highest BCUT2D eigenvalue weighted by Gasteiger charge is 2.23. The van der Waals surface area contributed by atoms with E-state index in [1.54, 1.807) is 27.7 Å². The normalized spacial score (nSPS) is 11.7. The Bertz CT molecular complexity index is 647. The van der Waals surface area contributed by atoms with Crippen LogP contribution in [0.2, 0.25) is 0 Å². The molecule has 1 N–H and O–H groups in total. The van der Waals surface area contributed by atoms with Crippen LogP contribution in [0.5, 0.6) is 0 Å². The van der Waals surface area contributed by atoms with E-state index in [-0.39, 0.29) is 16.5 Å². The third kappa shape index (κ3) is 4.07. The molecule has 0 radical (unpaired) electrons. The van der Waals surface area contributed by atoms with Gasteiger partial charge in [-0.05, 0) is 52.0 Å². The van der Waals surface area contributed by atoms with Crippen molar-refractivity contribution in [1.82, 2.24) is 4.90 Å². The molecule has 0 saturated heterocycles. The van der Waals surface area contributed by atoms with E-state index in [9.17, 15) is 18.0 Å². The Balaban J connectivity index is 3.08. The van der Waals surface area contributed by atoms with Crippen molar-refractivity contribution in [1.29, 1.82) is 0 Å². The predicted molar refractivity (Wildman–Crippen MR) is 82.6 cm³/mol. The molecule has 22 heavy (non-hydrogen) atoms. The van der Waals surface area contributed by atoms with Crippen LogP contribution in [0.25, 0.3) is 0 Å². The molecule has 0 saturated carbocycles. The fourth-order valence-electron chi connectivity index (χ4n) is 1.86. The number of benzene rings is 1. The number of aliphatic carboxylic acids is 1. The van der Waals surface area contributed by atoms with Crippen LogP contribution in [0, 0.1) is 0 Å². The van der Waals surface area contributed by atoms with Crippen molar-refractivity contribution in [2.45, 2.75) is 43.9 Å². The van der Waals surface area contributed by atoms with Gasteiger partial charge in [-0.3, -0.25) is 9.59 Å². The summed E-state index contributed by atoms with van der Waals surface area (Å²) in [5.41, 5.74) is 0.262. The third-order valence-electron chi connectivity index (χ3n) is 3.24. The molecule has 0 aliphatic rings. The number of carboxylic acids is 1. The second kappa shape index (κ2) is 6.91. The number of hydrogen-bond acceptors (Lipinski definition) is 4. The van der Waals surface area contributed by atoms with Crippen molar-refractivity contribution in [3.63, 3.8) is 0 Å². The zero-order valence-corrected chi connectivity index (χ0v) is 13.9. The number of carbonyl (C=O) groups is 2. The molecule has 6 nitrogen and oxygen atoms in total. The summed E-state index contributed by atoms with van der Waals surface area (Å²) in [6.45, 7) is 6.21. The maximum atomic E-state index is 12.3. The standard InChI is InChI=1S/C15H21NO5S/c1-10(2)16(9-14(17)18)15(19)12-5-7-13(8-6-12)22(20,21)11(3)4/h5-8,10-11H,9H2,1-4H3,(H,17,18). The Kier molecular flexibility index (Phi) is 5.71. The number of sulfone groups is 1. The Morgan fingerprint density at radius 1 is 1.09 bits per heavy atom. The molecule has 122 valence electrons. The summed E-state index contributed by atoms with van der Waals surface area (Å²) < 4.78 is 24.1. The number of carbonyl (C=O) groups excluding carboxylic acids is 1. The zero-order valence-electron chi connectivity index (χ0n) is 13.1. The number of rotatable bonds is 6. The average molecular weight is 327 g/mol. The largest absolute Gasteiger partial charge is 0.480 e. The molecule has 0 aliphatic carbocycles. The highest BCUT2D eigenvalue weighted by atomic mass is 32.2. The van der Waals surface area contributed by atoms with E-state index in [1.807, 2.05) is 0 Å². The maximum absolute atomic E-state index is 12.3. The van der Waals surface area contributed by atoms with Gasteiger partial charge in [-0.15, -0.1) is 0 Å². The number of amides is 1. The smallest absolute Gasteiger partial charge is 0.323 e. The van der Waals surface area contributed by atoms with Crippen LogP contribution in [0.1, 0.15) is 38.1 Å². The summed E-state index contributed by atoms with van der Waals surface area (Å²) in [6.07, 6.45) is 0. The first-order valence-corrected chi connectivity index (χ1v) is 8.48. The molecule has 7 heteroatoms. The molecular formula is C15H21NO5S. The minimum absolute atomic E-state index is 0.147. The lowest BCUT2D eigenvalue weighted by molar-refractivity contribution is -0.138. The summed E-state index contributed by atoms with van der Waals surface area (Å²) >= 11 is 0.